The Morgan fingerprint density at radius 1 is 0.880 bits per heavy atom. The Morgan fingerprint density at radius 2 is 1.56 bits per heavy atom. The van der Waals surface area contributed by atoms with Gasteiger partial charge in [0.05, 0.1) is 5.69 Å². The maximum atomic E-state index is 11.9. The zero-order chi connectivity index (χ0) is 17.5. The van der Waals surface area contributed by atoms with Gasteiger partial charge in [0.15, 0.2) is 0 Å². The molecule has 0 radical (unpaired) electrons. The van der Waals surface area contributed by atoms with Gasteiger partial charge in [0, 0.05) is 6.07 Å². The molecule has 0 bridgehead atoms. The van der Waals surface area contributed by atoms with E-state index in [9.17, 15) is 9.90 Å². The number of carbonyl (C=O) groups is 1. The van der Waals surface area contributed by atoms with Gasteiger partial charge in [-0.2, -0.15) is 0 Å². The highest BCUT2D eigenvalue weighted by atomic mass is 16.5. The number of para-hydroxylation sites is 1. The SMILES string of the molecule is O=C(Nc1cc(Oc2ccccc2)ccc1O)OCc1ccccc1. The maximum absolute atomic E-state index is 11.9. The summed E-state index contributed by atoms with van der Waals surface area (Å²) in [4.78, 5) is 11.9. The third-order valence-electron chi connectivity index (χ3n) is 3.40. The molecule has 0 saturated carbocycles. The van der Waals surface area contributed by atoms with Gasteiger partial charge in [-0.3, -0.25) is 5.32 Å². The van der Waals surface area contributed by atoms with Gasteiger partial charge >= 0.3 is 6.09 Å². The number of phenolic OH excluding ortho intramolecular Hbond substituents is 1. The molecule has 0 aliphatic heterocycles. The number of anilines is 1. The second kappa shape index (κ2) is 7.88. The smallest absolute Gasteiger partial charge is 0.412 e. The summed E-state index contributed by atoms with van der Waals surface area (Å²) in [6.45, 7) is 0.146. The van der Waals surface area contributed by atoms with E-state index in [0.717, 1.165) is 5.56 Å². The lowest BCUT2D eigenvalue weighted by atomic mass is 10.2. The molecule has 3 rings (SSSR count). The summed E-state index contributed by atoms with van der Waals surface area (Å²) in [6.07, 6.45) is -0.656. The summed E-state index contributed by atoms with van der Waals surface area (Å²) >= 11 is 0. The molecule has 0 fully saturated rings. The number of amides is 1. The summed E-state index contributed by atoms with van der Waals surface area (Å²) in [5.74, 6) is 1.07. The van der Waals surface area contributed by atoms with E-state index in [-0.39, 0.29) is 18.0 Å². The van der Waals surface area contributed by atoms with E-state index < -0.39 is 6.09 Å². The Kier molecular flexibility index (Phi) is 5.16. The molecule has 0 unspecified atom stereocenters. The topological polar surface area (TPSA) is 67.8 Å². The second-order valence-corrected chi connectivity index (χ2v) is 5.28. The van der Waals surface area contributed by atoms with Crippen LogP contribution in [0.5, 0.6) is 17.2 Å². The first kappa shape index (κ1) is 16.4. The van der Waals surface area contributed by atoms with Gasteiger partial charge in [0.1, 0.15) is 23.9 Å². The Hall–Kier alpha value is -3.47. The Labute approximate surface area is 145 Å². The lowest BCUT2D eigenvalue weighted by molar-refractivity contribution is 0.155. The molecule has 0 saturated heterocycles. The van der Waals surface area contributed by atoms with Crippen LogP contribution < -0.4 is 10.1 Å². The zero-order valence-electron chi connectivity index (χ0n) is 13.4. The lowest BCUT2D eigenvalue weighted by Gasteiger charge is -2.11. The van der Waals surface area contributed by atoms with Gasteiger partial charge < -0.3 is 14.6 Å². The second-order valence-electron chi connectivity index (χ2n) is 5.28. The van der Waals surface area contributed by atoms with Crippen molar-refractivity contribution < 1.29 is 19.4 Å². The molecule has 0 spiro atoms. The van der Waals surface area contributed by atoms with Gasteiger partial charge in [0.25, 0.3) is 0 Å². The number of benzene rings is 3. The molecule has 0 aliphatic carbocycles. The first-order valence-electron chi connectivity index (χ1n) is 7.74. The maximum Gasteiger partial charge on any atom is 0.412 e. The fourth-order valence-electron chi connectivity index (χ4n) is 2.17. The van der Waals surface area contributed by atoms with Crippen LogP contribution in [0.3, 0.4) is 0 Å². The molecule has 1 amide bonds. The molecule has 126 valence electrons. The van der Waals surface area contributed by atoms with Gasteiger partial charge in [-0.1, -0.05) is 48.5 Å². The highest BCUT2D eigenvalue weighted by molar-refractivity contribution is 5.87. The van der Waals surface area contributed by atoms with E-state index in [1.54, 1.807) is 6.07 Å². The van der Waals surface area contributed by atoms with Crippen molar-refractivity contribution in [3.8, 4) is 17.2 Å². The Morgan fingerprint density at radius 3 is 2.28 bits per heavy atom. The van der Waals surface area contributed by atoms with E-state index in [2.05, 4.69) is 5.32 Å². The van der Waals surface area contributed by atoms with Crippen LogP contribution in [0.1, 0.15) is 5.56 Å². The van der Waals surface area contributed by atoms with Crippen molar-refractivity contribution in [3.05, 3.63) is 84.4 Å². The van der Waals surface area contributed by atoms with Crippen LogP contribution in [-0.4, -0.2) is 11.2 Å². The van der Waals surface area contributed by atoms with Crippen molar-refractivity contribution >= 4 is 11.8 Å². The first-order valence-corrected chi connectivity index (χ1v) is 7.74. The molecule has 2 N–H and O–H groups in total. The number of phenols is 1. The number of ether oxygens (including phenoxy) is 2. The van der Waals surface area contributed by atoms with Crippen LogP contribution >= 0.6 is 0 Å². The van der Waals surface area contributed by atoms with Crippen LogP contribution in [0.15, 0.2) is 78.9 Å². The lowest BCUT2D eigenvalue weighted by Crippen LogP contribution is -2.13. The summed E-state index contributed by atoms with van der Waals surface area (Å²) in [7, 11) is 0. The predicted octanol–water partition coefficient (Wildman–Crippen LogP) is 4.93. The monoisotopic (exact) mass is 335 g/mol. The highest BCUT2D eigenvalue weighted by Crippen LogP contribution is 2.30. The van der Waals surface area contributed by atoms with Gasteiger partial charge in [-0.05, 0) is 29.8 Å². The minimum Gasteiger partial charge on any atom is -0.506 e. The van der Waals surface area contributed by atoms with E-state index >= 15 is 0 Å². The first-order chi connectivity index (χ1) is 12.2. The van der Waals surface area contributed by atoms with E-state index in [0.29, 0.717) is 11.5 Å². The third kappa shape index (κ3) is 4.75. The van der Waals surface area contributed by atoms with E-state index in [1.165, 1.54) is 12.1 Å². The molecule has 0 heterocycles. The molecule has 0 atom stereocenters. The van der Waals surface area contributed by atoms with Gasteiger partial charge in [-0.25, -0.2) is 4.79 Å². The fraction of sp³-hybridized carbons (Fsp3) is 0.0500. The Balaban J connectivity index is 1.63. The van der Waals surface area contributed by atoms with Crippen LogP contribution in [0.25, 0.3) is 0 Å². The normalized spacial score (nSPS) is 10.1. The number of hydrogen-bond acceptors (Lipinski definition) is 4. The van der Waals surface area contributed by atoms with E-state index in [4.69, 9.17) is 9.47 Å². The van der Waals surface area contributed by atoms with Crippen LogP contribution in [0, 0.1) is 0 Å². The zero-order valence-corrected chi connectivity index (χ0v) is 13.4. The van der Waals surface area contributed by atoms with Gasteiger partial charge in [-0.15, -0.1) is 0 Å². The largest absolute Gasteiger partial charge is 0.506 e. The Bertz CT molecular complexity index is 835. The van der Waals surface area contributed by atoms with Crippen LogP contribution in [0.4, 0.5) is 10.5 Å². The number of carbonyl (C=O) groups excluding carboxylic acids is 1. The quantitative estimate of drug-likeness (QED) is 0.649. The summed E-state index contributed by atoms with van der Waals surface area (Å²) < 4.78 is 10.8. The molecule has 3 aromatic rings. The van der Waals surface area contributed by atoms with Crippen LogP contribution in [0.2, 0.25) is 0 Å². The molecule has 5 heteroatoms. The predicted molar refractivity (Wildman–Crippen MR) is 94.9 cm³/mol. The minimum absolute atomic E-state index is 0.0722. The molecular formula is C20H17NO4. The standard InChI is InChI=1S/C20H17NO4/c22-19-12-11-17(25-16-9-5-2-6-10-16)13-18(19)21-20(23)24-14-15-7-3-1-4-8-15/h1-13,22H,14H2,(H,21,23). The third-order valence-corrected chi connectivity index (χ3v) is 3.40. The number of nitrogens with one attached hydrogen (secondary N) is 1. The van der Waals surface area contributed by atoms with Crippen molar-refractivity contribution in [2.24, 2.45) is 0 Å². The van der Waals surface area contributed by atoms with Crippen molar-refractivity contribution in [1.82, 2.24) is 0 Å². The summed E-state index contributed by atoms with van der Waals surface area (Å²) in [5.41, 5.74) is 1.09. The summed E-state index contributed by atoms with van der Waals surface area (Å²) in [6, 6.07) is 23.2. The van der Waals surface area contributed by atoms with E-state index in [1.807, 2.05) is 60.7 Å². The molecule has 0 aromatic heterocycles. The molecule has 5 nitrogen and oxygen atoms in total. The minimum atomic E-state index is -0.656. The number of hydrogen-bond donors (Lipinski definition) is 2. The van der Waals surface area contributed by atoms with Crippen molar-refractivity contribution in [1.29, 1.82) is 0 Å². The fourth-order valence-corrected chi connectivity index (χ4v) is 2.17. The van der Waals surface area contributed by atoms with Crippen molar-refractivity contribution in [2.75, 3.05) is 5.32 Å². The number of aromatic hydroxyl groups is 1. The molecular weight excluding hydrogens is 318 g/mol. The highest BCUT2D eigenvalue weighted by Gasteiger charge is 2.10. The average Bonchev–Trinajstić information content (AvgIpc) is 2.64. The average molecular weight is 335 g/mol. The van der Waals surface area contributed by atoms with Gasteiger partial charge in [0.2, 0.25) is 0 Å². The number of rotatable bonds is 5. The molecule has 0 aliphatic rings. The molecule has 3 aromatic carbocycles. The molecule has 25 heavy (non-hydrogen) atoms. The van der Waals surface area contributed by atoms with Crippen LogP contribution in [-0.2, 0) is 11.3 Å². The van der Waals surface area contributed by atoms with Crippen molar-refractivity contribution in [2.45, 2.75) is 6.61 Å². The summed E-state index contributed by atoms with van der Waals surface area (Å²) in [5, 5.41) is 12.4. The van der Waals surface area contributed by atoms with Crippen molar-refractivity contribution in [3.63, 3.8) is 0 Å².